The standard InChI is InChI=1S/C22H36N4O3S/c1-3-22(12-6-13-22)17-25-21(23-4-2)24-15-18-8-10-20(11-9-18)30(27,28)26-16-19-7-5-14-29-19/h8-11,19,26H,3-7,12-17H2,1-2H3,(H2,23,24,25). The molecule has 1 aliphatic carbocycles. The summed E-state index contributed by atoms with van der Waals surface area (Å²) >= 11 is 0. The van der Waals surface area contributed by atoms with E-state index in [9.17, 15) is 8.42 Å². The molecule has 2 fully saturated rings. The second-order valence-electron chi connectivity index (χ2n) is 8.39. The Hall–Kier alpha value is -1.64. The Kier molecular flexibility index (Phi) is 8.13. The fourth-order valence-corrected chi connectivity index (χ4v) is 5.05. The van der Waals surface area contributed by atoms with Crippen molar-refractivity contribution in [1.82, 2.24) is 15.4 Å². The molecular weight excluding hydrogens is 400 g/mol. The number of nitrogens with zero attached hydrogens (tertiary/aromatic N) is 1. The van der Waals surface area contributed by atoms with Gasteiger partial charge in [-0.2, -0.15) is 0 Å². The normalized spacial score (nSPS) is 21.3. The van der Waals surface area contributed by atoms with Crippen LogP contribution in [0.5, 0.6) is 0 Å². The van der Waals surface area contributed by atoms with Crippen molar-refractivity contribution in [3.05, 3.63) is 29.8 Å². The van der Waals surface area contributed by atoms with Crippen molar-refractivity contribution in [3.63, 3.8) is 0 Å². The lowest BCUT2D eigenvalue weighted by Crippen LogP contribution is -2.46. The summed E-state index contributed by atoms with van der Waals surface area (Å²) in [5.41, 5.74) is 1.39. The molecule has 1 unspecified atom stereocenters. The van der Waals surface area contributed by atoms with Crippen molar-refractivity contribution in [2.24, 2.45) is 10.4 Å². The smallest absolute Gasteiger partial charge is 0.240 e. The molecule has 1 aliphatic heterocycles. The molecular formula is C22H36N4O3S. The summed E-state index contributed by atoms with van der Waals surface area (Å²) in [6, 6.07) is 6.94. The number of nitrogens with one attached hydrogen (secondary N) is 3. The number of hydrogen-bond acceptors (Lipinski definition) is 4. The Morgan fingerprint density at radius 1 is 1.17 bits per heavy atom. The van der Waals surface area contributed by atoms with Crippen LogP contribution >= 0.6 is 0 Å². The minimum atomic E-state index is -3.52. The van der Waals surface area contributed by atoms with Crippen LogP contribution in [0.3, 0.4) is 0 Å². The Balaban J connectivity index is 1.54. The van der Waals surface area contributed by atoms with Crippen molar-refractivity contribution < 1.29 is 13.2 Å². The average Bonchev–Trinajstić information content (AvgIpc) is 3.24. The van der Waals surface area contributed by atoms with Gasteiger partial charge < -0.3 is 15.4 Å². The predicted molar refractivity (Wildman–Crippen MR) is 120 cm³/mol. The van der Waals surface area contributed by atoms with Gasteiger partial charge in [0.25, 0.3) is 0 Å². The molecule has 3 rings (SSSR count). The second kappa shape index (κ2) is 10.6. The van der Waals surface area contributed by atoms with Gasteiger partial charge in [0.1, 0.15) is 0 Å². The van der Waals surface area contributed by atoms with Crippen LogP contribution in [0.2, 0.25) is 0 Å². The second-order valence-corrected chi connectivity index (χ2v) is 10.2. The first-order chi connectivity index (χ1) is 14.5. The first kappa shape index (κ1) is 23.0. The molecule has 30 heavy (non-hydrogen) atoms. The molecule has 0 spiro atoms. The zero-order chi connectivity index (χ0) is 21.5. The van der Waals surface area contributed by atoms with E-state index < -0.39 is 10.0 Å². The highest BCUT2D eigenvalue weighted by Gasteiger charge is 2.34. The van der Waals surface area contributed by atoms with Crippen LogP contribution in [0.1, 0.15) is 57.9 Å². The summed E-state index contributed by atoms with van der Waals surface area (Å²) in [5, 5.41) is 6.78. The van der Waals surface area contributed by atoms with Crippen LogP contribution in [-0.2, 0) is 21.3 Å². The Labute approximate surface area is 181 Å². The van der Waals surface area contributed by atoms with E-state index in [0.29, 0.717) is 25.1 Å². The Morgan fingerprint density at radius 3 is 2.50 bits per heavy atom. The van der Waals surface area contributed by atoms with Crippen LogP contribution < -0.4 is 15.4 Å². The lowest BCUT2D eigenvalue weighted by Gasteiger charge is -2.41. The van der Waals surface area contributed by atoms with Gasteiger partial charge in [0, 0.05) is 26.2 Å². The molecule has 0 bridgehead atoms. The summed E-state index contributed by atoms with van der Waals surface area (Å²) in [7, 11) is -3.52. The maximum atomic E-state index is 12.5. The summed E-state index contributed by atoms with van der Waals surface area (Å²) in [4.78, 5) is 4.94. The van der Waals surface area contributed by atoms with Crippen LogP contribution in [0.4, 0.5) is 0 Å². The minimum Gasteiger partial charge on any atom is -0.377 e. The van der Waals surface area contributed by atoms with Gasteiger partial charge in [0.05, 0.1) is 17.5 Å². The van der Waals surface area contributed by atoms with E-state index >= 15 is 0 Å². The molecule has 7 nitrogen and oxygen atoms in total. The van der Waals surface area contributed by atoms with Crippen LogP contribution in [0.15, 0.2) is 34.2 Å². The topological polar surface area (TPSA) is 91.8 Å². The van der Waals surface area contributed by atoms with Crippen molar-refractivity contribution in [2.45, 2.75) is 69.9 Å². The van der Waals surface area contributed by atoms with Gasteiger partial charge in [-0.1, -0.05) is 25.5 Å². The van der Waals surface area contributed by atoms with E-state index in [1.807, 2.05) is 12.1 Å². The lowest BCUT2D eigenvalue weighted by atomic mass is 9.67. The highest BCUT2D eigenvalue weighted by molar-refractivity contribution is 7.89. The van der Waals surface area contributed by atoms with E-state index in [1.165, 1.54) is 25.7 Å². The zero-order valence-corrected chi connectivity index (χ0v) is 19.1. The lowest BCUT2D eigenvalue weighted by molar-refractivity contribution is 0.114. The van der Waals surface area contributed by atoms with Crippen LogP contribution in [0.25, 0.3) is 0 Å². The molecule has 1 atom stereocenters. The molecule has 0 aromatic heterocycles. The predicted octanol–water partition coefficient (Wildman–Crippen LogP) is 2.78. The molecule has 0 radical (unpaired) electrons. The van der Waals surface area contributed by atoms with Gasteiger partial charge >= 0.3 is 0 Å². The number of hydrogen-bond donors (Lipinski definition) is 3. The van der Waals surface area contributed by atoms with Gasteiger partial charge in [-0.25, -0.2) is 18.1 Å². The van der Waals surface area contributed by atoms with E-state index in [4.69, 9.17) is 4.74 Å². The fourth-order valence-electron chi connectivity index (χ4n) is 3.98. The number of benzene rings is 1. The molecule has 1 aromatic carbocycles. The molecule has 0 amide bonds. The third-order valence-electron chi connectivity index (χ3n) is 6.32. The molecule has 1 aromatic rings. The molecule has 3 N–H and O–H groups in total. The van der Waals surface area contributed by atoms with E-state index in [0.717, 1.165) is 37.5 Å². The van der Waals surface area contributed by atoms with Gasteiger partial charge in [0.15, 0.2) is 5.96 Å². The number of sulfonamides is 1. The van der Waals surface area contributed by atoms with Crippen LogP contribution in [-0.4, -0.2) is 46.7 Å². The Bertz CT molecular complexity index is 793. The highest BCUT2D eigenvalue weighted by atomic mass is 32.2. The molecule has 1 saturated carbocycles. The van der Waals surface area contributed by atoms with Crippen LogP contribution in [0, 0.1) is 5.41 Å². The number of ether oxygens (including phenoxy) is 1. The van der Waals surface area contributed by atoms with Gasteiger partial charge in [-0.15, -0.1) is 0 Å². The molecule has 168 valence electrons. The quantitative estimate of drug-likeness (QED) is 0.387. The van der Waals surface area contributed by atoms with Crippen molar-refractivity contribution >= 4 is 16.0 Å². The average molecular weight is 437 g/mol. The first-order valence-electron chi connectivity index (χ1n) is 11.2. The molecule has 1 saturated heterocycles. The number of rotatable bonds is 10. The number of guanidine groups is 1. The van der Waals surface area contributed by atoms with Gasteiger partial charge in [0.2, 0.25) is 10.0 Å². The van der Waals surface area contributed by atoms with E-state index in [2.05, 4.69) is 34.2 Å². The SMILES string of the molecule is CCNC(=NCc1ccc(S(=O)(=O)NCC2CCCO2)cc1)NCC1(CC)CCC1. The van der Waals surface area contributed by atoms with E-state index in [1.54, 1.807) is 12.1 Å². The van der Waals surface area contributed by atoms with Crippen molar-refractivity contribution in [2.75, 3.05) is 26.2 Å². The maximum Gasteiger partial charge on any atom is 0.240 e. The minimum absolute atomic E-state index is 0.0165. The van der Waals surface area contributed by atoms with Crippen molar-refractivity contribution in [1.29, 1.82) is 0 Å². The monoisotopic (exact) mass is 436 g/mol. The Morgan fingerprint density at radius 2 is 1.93 bits per heavy atom. The zero-order valence-electron chi connectivity index (χ0n) is 18.2. The van der Waals surface area contributed by atoms with Gasteiger partial charge in [-0.3, -0.25) is 0 Å². The van der Waals surface area contributed by atoms with E-state index in [-0.39, 0.29) is 11.0 Å². The van der Waals surface area contributed by atoms with Crippen molar-refractivity contribution in [3.8, 4) is 0 Å². The highest BCUT2D eigenvalue weighted by Crippen LogP contribution is 2.42. The molecule has 1 heterocycles. The summed E-state index contributed by atoms with van der Waals surface area (Å²) in [6.07, 6.45) is 6.96. The summed E-state index contributed by atoms with van der Waals surface area (Å²) in [5.74, 6) is 0.812. The third kappa shape index (κ3) is 6.18. The number of aliphatic imine (C=N–C) groups is 1. The third-order valence-corrected chi connectivity index (χ3v) is 7.76. The molecule has 8 heteroatoms. The largest absolute Gasteiger partial charge is 0.377 e. The molecule has 2 aliphatic rings. The first-order valence-corrected chi connectivity index (χ1v) is 12.7. The summed E-state index contributed by atoms with van der Waals surface area (Å²) in [6.45, 7) is 7.60. The fraction of sp³-hybridized carbons (Fsp3) is 0.682. The maximum absolute atomic E-state index is 12.5. The summed E-state index contributed by atoms with van der Waals surface area (Å²) < 4.78 is 33.1. The van der Waals surface area contributed by atoms with Gasteiger partial charge in [-0.05, 0) is 62.1 Å².